The quantitative estimate of drug-likeness (QED) is 0.671. The van der Waals surface area contributed by atoms with Gasteiger partial charge in [0.25, 0.3) is 0 Å². The molecule has 0 saturated heterocycles. The maximum atomic E-state index is 3.76. The van der Waals surface area contributed by atoms with Gasteiger partial charge in [-0.15, -0.1) is 0 Å². The molecule has 4 heteroatoms. The van der Waals surface area contributed by atoms with Gasteiger partial charge in [-0.2, -0.15) is 0 Å². The number of rotatable bonds is 0. The van der Waals surface area contributed by atoms with E-state index < -0.39 is 0 Å². The molecule has 1 nitrogen and oxygen atoms in total. The Morgan fingerprint density at radius 1 is 1.60 bits per heavy atom. The van der Waals surface area contributed by atoms with Gasteiger partial charge in [-0.25, -0.2) is 0 Å². The van der Waals surface area contributed by atoms with Crippen LogP contribution in [0.15, 0.2) is 18.3 Å². The zero-order valence-corrected chi connectivity index (χ0v) is 11.8. The van der Waals surface area contributed by atoms with Crippen LogP contribution in [0.25, 0.3) is 0 Å². The van der Waals surface area contributed by atoms with Crippen LogP contribution in [0.3, 0.4) is 0 Å². The third-order valence-corrected chi connectivity index (χ3v) is 0.763. The van der Waals surface area contributed by atoms with Gasteiger partial charge < -0.3 is 0 Å². The Hall–Kier alpha value is 0.733. The Kier molecular flexibility index (Phi) is 8.41. The molecule has 1 radical (unpaired) electrons. The van der Waals surface area contributed by atoms with Crippen molar-refractivity contribution in [2.24, 2.45) is 0 Å². The fourth-order valence-electron chi connectivity index (χ4n) is 0.394. The Bertz CT molecular complexity index is 157. The van der Waals surface area contributed by atoms with Crippen molar-refractivity contribution in [1.82, 2.24) is 4.98 Å². The van der Waals surface area contributed by atoms with Crippen LogP contribution in [-0.4, -0.2) is 4.98 Å². The second-order valence-electron chi connectivity index (χ2n) is 1.57. The third-order valence-electron chi connectivity index (χ3n) is 0.763. The fourth-order valence-corrected chi connectivity index (χ4v) is 0.394. The molecule has 10 heavy (non-hydrogen) atoms. The molecular weight excluding hydrogens is 311 g/mol. The van der Waals surface area contributed by atoms with Crippen molar-refractivity contribution in [3.8, 4) is 0 Å². The first-order chi connectivity index (χ1) is 4.81. The van der Waals surface area contributed by atoms with E-state index >= 15 is 0 Å². The summed E-state index contributed by atoms with van der Waals surface area (Å²) >= 11 is 6.25. The summed E-state index contributed by atoms with van der Waals surface area (Å²) in [5, 5.41) is 0. The first-order valence-electron chi connectivity index (χ1n) is 2.72. The Morgan fingerprint density at radius 2 is 2.20 bits per heavy atom. The zero-order valence-electron chi connectivity index (χ0n) is 5.64. The minimum atomic E-state index is -0.250. The summed E-state index contributed by atoms with van der Waals surface area (Å²) in [5.41, 5.74) is 1.18. The van der Waals surface area contributed by atoms with Gasteiger partial charge in [-0.1, -0.05) is 6.07 Å². The average molecular weight is 317 g/mol. The first-order valence-corrected chi connectivity index (χ1v) is 16.6. The average Bonchev–Trinajstić information content (AvgIpc) is 1.91. The minimum absolute atomic E-state index is 0.250. The van der Waals surface area contributed by atoms with E-state index in [9.17, 15) is 0 Å². The number of aryl methyl sites for hydroxylation is 1. The van der Waals surface area contributed by atoms with Gasteiger partial charge >= 0.3 is 40.5 Å². The van der Waals surface area contributed by atoms with Gasteiger partial charge in [0.15, 0.2) is 0 Å². The summed E-state index contributed by atoms with van der Waals surface area (Å²) in [6, 6.07) is 3.77. The van der Waals surface area contributed by atoms with Crippen molar-refractivity contribution in [3.05, 3.63) is 30.1 Å². The Labute approximate surface area is 81.9 Å². The molecule has 0 aliphatic carbocycles. The topological polar surface area (TPSA) is 12.9 Å². The molecule has 0 amide bonds. The number of halogens is 2. The van der Waals surface area contributed by atoms with Gasteiger partial charge in [-0.3, -0.25) is 4.98 Å². The molecule has 0 fully saturated rings. The number of nitrogens with zero attached hydrogens (tertiary/aromatic N) is 1. The van der Waals surface area contributed by atoms with Crippen LogP contribution in [-0.2, 0) is 13.2 Å². The second kappa shape index (κ2) is 7.84. The van der Waals surface area contributed by atoms with E-state index in [1.54, 1.807) is 12.3 Å². The van der Waals surface area contributed by atoms with E-state index in [4.69, 9.17) is 0 Å². The SMILES string of the molecule is Cc1cc[c]nc1.[Br][Zn][Br]. The molecule has 1 heterocycles. The van der Waals surface area contributed by atoms with Crippen molar-refractivity contribution >= 4 is 27.2 Å². The van der Waals surface area contributed by atoms with Crippen LogP contribution in [0.5, 0.6) is 0 Å². The van der Waals surface area contributed by atoms with E-state index in [1.807, 2.05) is 13.0 Å². The van der Waals surface area contributed by atoms with Crippen LogP contribution < -0.4 is 0 Å². The van der Waals surface area contributed by atoms with E-state index in [0.717, 1.165) is 0 Å². The van der Waals surface area contributed by atoms with Crippen LogP contribution in [0.1, 0.15) is 5.56 Å². The van der Waals surface area contributed by atoms with Crippen LogP contribution in [0.4, 0.5) is 0 Å². The van der Waals surface area contributed by atoms with Gasteiger partial charge in [0, 0.05) is 6.20 Å². The summed E-state index contributed by atoms with van der Waals surface area (Å²) < 4.78 is 0. The maximum absolute atomic E-state index is 3.76. The van der Waals surface area contributed by atoms with Crippen LogP contribution >= 0.6 is 27.2 Å². The van der Waals surface area contributed by atoms with Crippen molar-refractivity contribution in [1.29, 1.82) is 0 Å². The van der Waals surface area contributed by atoms with Crippen molar-refractivity contribution in [2.45, 2.75) is 6.92 Å². The van der Waals surface area contributed by atoms with Crippen LogP contribution in [0, 0.1) is 13.1 Å². The molecule has 0 saturated carbocycles. The summed E-state index contributed by atoms with van der Waals surface area (Å²) in [5.74, 6) is 0. The summed E-state index contributed by atoms with van der Waals surface area (Å²) in [7, 11) is 0. The summed E-state index contributed by atoms with van der Waals surface area (Å²) in [6.45, 7) is 2.00. The molecule has 0 spiro atoms. The Balaban J connectivity index is 0.000000236. The molecule has 0 aliphatic heterocycles. The fraction of sp³-hybridized carbons (Fsp3) is 0.167. The molecule has 0 N–H and O–H groups in total. The number of aromatic nitrogens is 1. The molecule has 0 unspecified atom stereocenters. The van der Waals surface area contributed by atoms with Crippen LogP contribution in [0.2, 0.25) is 0 Å². The summed E-state index contributed by atoms with van der Waals surface area (Å²) in [4.78, 5) is 3.76. The van der Waals surface area contributed by atoms with E-state index in [2.05, 4.69) is 38.4 Å². The monoisotopic (exact) mass is 314 g/mol. The summed E-state index contributed by atoms with van der Waals surface area (Å²) in [6.07, 6.45) is 4.46. The first kappa shape index (κ1) is 10.7. The molecule has 1 rings (SSSR count). The Morgan fingerprint density at radius 3 is 2.40 bits per heavy atom. The molecule has 1 aromatic heterocycles. The van der Waals surface area contributed by atoms with Gasteiger partial charge in [0.05, 0.1) is 6.20 Å². The van der Waals surface area contributed by atoms with Crippen molar-refractivity contribution in [3.63, 3.8) is 0 Å². The third kappa shape index (κ3) is 6.85. The molecule has 1 aromatic rings. The van der Waals surface area contributed by atoms with Gasteiger partial charge in [-0.05, 0) is 18.6 Å². The predicted octanol–water partition coefficient (Wildman–Crippen LogP) is 2.88. The number of hydrogen-bond donors (Lipinski definition) is 0. The van der Waals surface area contributed by atoms with Crippen molar-refractivity contribution < 1.29 is 13.2 Å². The molecule has 0 bridgehead atoms. The molecule has 51 valence electrons. The molecule has 0 aromatic carbocycles. The zero-order chi connectivity index (χ0) is 7.82. The number of pyridine rings is 1. The standard InChI is InChI=1S/C6H6N.2BrH.Zn/c1-6-3-2-4-7-5-6;;;/h2-3,5H,1H3;2*1H;/q;;;+2/p-2. The van der Waals surface area contributed by atoms with E-state index in [0.29, 0.717) is 0 Å². The van der Waals surface area contributed by atoms with Gasteiger partial charge in [0.1, 0.15) is 0 Å². The molecule has 0 atom stereocenters. The molecular formula is C6H6Br2NZn. The van der Waals surface area contributed by atoms with E-state index in [1.165, 1.54) is 5.56 Å². The number of hydrogen-bond acceptors (Lipinski definition) is 1. The predicted molar refractivity (Wildman–Crippen MR) is 45.7 cm³/mol. The van der Waals surface area contributed by atoms with E-state index in [-0.39, 0.29) is 13.2 Å². The van der Waals surface area contributed by atoms with Crippen molar-refractivity contribution in [2.75, 3.05) is 0 Å². The normalized spacial score (nSPS) is 7.10. The second-order valence-corrected chi connectivity index (χ2v) is 15.6. The molecule has 0 aliphatic rings. The van der Waals surface area contributed by atoms with Gasteiger partial charge in [0.2, 0.25) is 0 Å².